The number of carbonyl (C=O) groups excluding carboxylic acids is 2. The van der Waals surface area contributed by atoms with Crippen LogP contribution in [0.5, 0.6) is 0 Å². The average molecular weight is 601 g/mol. The van der Waals surface area contributed by atoms with Gasteiger partial charge in [-0.25, -0.2) is 9.59 Å². The van der Waals surface area contributed by atoms with Crippen molar-refractivity contribution in [2.75, 3.05) is 16.4 Å². The Morgan fingerprint density at radius 3 is 1.93 bits per heavy atom. The van der Waals surface area contributed by atoms with E-state index in [-0.39, 0.29) is 22.8 Å². The number of carbonyl (C=O) groups is 2. The smallest absolute Gasteiger partial charge is 0.352 e. The summed E-state index contributed by atoms with van der Waals surface area (Å²) in [5.41, 5.74) is 1.33. The number of ketones is 2. The van der Waals surface area contributed by atoms with Crippen LogP contribution in [0.1, 0.15) is 31.8 Å². The van der Waals surface area contributed by atoms with E-state index >= 15 is 0 Å². The molecule has 0 bridgehead atoms. The number of aromatic nitrogens is 3. The Kier molecular flexibility index (Phi) is 6.34. The molecule has 0 radical (unpaired) electrons. The number of benzene rings is 3. The number of nitrogen functional groups attached to an aromatic ring is 1. The highest BCUT2D eigenvalue weighted by atomic mass is 32.2. The lowest BCUT2D eigenvalue weighted by molar-refractivity contribution is 0.0980. The first-order valence-corrected chi connectivity index (χ1v) is 14.0. The zero-order valence-corrected chi connectivity index (χ0v) is 21.8. The Balaban J connectivity index is 1.69. The molecule has 8 N–H and O–H groups in total. The number of anilines is 5. The zero-order valence-electron chi connectivity index (χ0n) is 20.1. The van der Waals surface area contributed by atoms with Crippen molar-refractivity contribution in [1.29, 1.82) is 0 Å². The first-order chi connectivity index (χ1) is 19.1. The van der Waals surface area contributed by atoms with Crippen molar-refractivity contribution in [2.24, 2.45) is 0 Å². The van der Waals surface area contributed by atoms with Crippen molar-refractivity contribution in [3.63, 3.8) is 0 Å². The topological polar surface area (TPSA) is 272 Å². The second kappa shape index (κ2) is 9.48. The van der Waals surface area contributed by atoms with E-state index in [4.69, 9.17) is 5.73 Å². The summed E-state index contributed by atoms with van der Waals surface area (Å²) in [6.45, 7) is 0. The summed E-state index contributed by atoms with van der Waals surface area (Å²) in [6.07, 6.45) is 0. The molecular formula is C23H16N6O10S2. The van der Waals surface area contributed by atoms with E-state index in [9.17, 15) is 45.1 Å². The second-order valence-corrected chi connectivity index (χ2v) is 11.3. The maximum Gasteiger partial charge on any atom is 0.352 e. The Morgan fingerprint density at radius 2 is 1.34 bits per heavy atom. The van der Waals surface area contributed by atoms with Gasteiger partial charge in [0.05, 0.1) is 28.2 Å². The molecule has 0 fully saturated rings. The minimum atomic E-state index is -5.06. The molecule has 4 aromatic rings. The van der Waals surface area contributed by atoms with E-state index in [1.54, 1.807) is 0 Å². The summed E-state index contributed by atoms with van der Waals surface area (Å²) >= 11 is 0. The van der Waals surface area contributed by atoms with Gasteiger partial charge < -0.3 is 16.4 Å². The third kappa shape index (κ3) is 4.98. The van der Waals surface area contributed by atoms with Crippen molar-refractivity contribution < 1.29 is 35.5 Å². The summed E-state index contributed by atoms with van der Waals surface area (Å²) in [5.74, 6) is -1.95. The number of rotatable bonds is 6. The monoisotopic (exact) mass is 600 g/mol. The van der Waals surface area contributed by atoms with Crippen molar-refractivity contribution in [1.82, 2.24) is 15.0 Å². The normalized spacial score (nSPS) is 12.9. The van der Waals surface area contributed by atoms with Gasteiger partial charge in [0.15, 0.2) is 11.6 Å². The number of nitrogens with one attached hydrogen (secondary N) is 4. The molecular weight excluding hydrogens is 584 g/mol. The molecule has 3 aromatic carbocycles. The lowest BCUT2D eigenvalue weighted by Gasteiger charge is -2.24. The number of nitrogens with two attached hydrogens (primary N) is 1. The lowest BCUT2D eigenvalue weighted by atomic mass is 9.82. The minimum absolute atomic E-state index is 0.0408. The maximum atomic E-state index is 13.5. The lowest BCUT2D eigenvalue weighted by Crippen LogP contribution is -2.25. The highest BCUT2D eigenvalue weighted by Gasteiger charge is 2.36. The van der Waals surface area contributed by atoms with Crippen molar-refractivity contribution in [3.05, 3.63) is 91.8 Å². The van der Waals surface area contributed by atoms with E-state index in [1.807, 2.05) is 4.98 Å². The summed E-state index contributed by atoms with van der Waals surface area (Å²) in [5, 5.41) is 5.02. The zero-order chi connectivity index (χ0) is 29.9. The molecule has 1 heterocycles. The van der Waals surface area contributed by atoms with E-state index in [1.165, 1.54) is 30.3 Å². The number of nitrogens with zero attached hydrogens (tertiary/aromatic N) is 1. The van der Waals surface area contributed by atoms with Gasteiger partial charge >= 0.3 is 11.4 Å². The molecule has 0 aliphatic heterocycles. The third-order valence-electron chi connectivity index (χ3n) is 5.94. The molecule has 0 atom stereocenters. The van der Waals surface area contributed by atoms with Gasteiger partial charge in [-0.05, 0) is 24.3 Å². The van der Waals surface area contributed by atoms with Crippen LogP contribution >= 0.6 is 0 Å². The predicted octanol–water partition coefficient (Wildman–Crippen LogP) is 0.796. The fraction of sp³-hybridized carbons (Fsp3) is 0. The van der Waals surface area contributed by atoms with Crippen LogP contribution in [0.25, 0.3) is 0 Å². The van der Waals surface area contributed by atoms with Gasteiger partial charge in [0.2, 0.25) is 5.95 Å². The van der Waals surface area contributed by atoms with Crippen molar-refractivity contribution in [2.45, 2.75) is 9.79 Å². The Bertz CT molecular complexity index is 2130. The molecule has 0 unspecified atom stereocenters. The number of hydrogen-bond donors (Lipinski definition) is 7. The van der Waals surface area contributed by atoms with Crippen LogP contribution in [-0.2, 0) is 20.2 Å². The van der Waals surface area contributed by atoms with Crippen LogP contribution < -0.4 is 27.7 Å². The maximum absolute atomic E-state index is 13.5. The van der Waals surface area contributed by atoms with E-state index in [0.29, 0.717) is 0 Å². The van der Waals surface area contributed by atoms with Crippen molar-refractivity contribution in [3.8, 4) is 0 Å². The summed E-state index contributed by atoms with van der Waals surface area (Å²) in [4.78, 5) is 55.5. The molecule has 210 valence electrons. The molecule has 5 rings (SSSR count). The SMILES string of the molecule is Nc1c(S(=O)(=O)O)cc(Nc2ccc(Nc3nc(=O)[nH]c(=O)[nH]3)cc2S(=O)(=O)O)c2c1C(=O)c1ccccc1C2=O. The molecule has 0 amide bonds. The van der Waals surface area contributed by atoms with Gasteiger partial charge in [0.25, 0.3) is 20.2 Å². The van der Waals surface area contributed by atoms with Gasteiger partial charge in [0, 0.05) is 16.8 Å². The van der Waals surface area contributed by atoms with Crippen LogP contribution in [0.3, 0.4) is 0 Å². The van der Waals surface area contributed by atoms with E-state index in [2.05, 4.69) is 20.6 Å². The first-order valence-electron chi connectivity index (χ1n) is 11.1. The standard InChI is InChI=1S/C23H16N6O10S2/c24-18-15(41(37,38)39)8-13(16-17(18)20(31)11-4-2-1-3-10(11)19(16)30)26-12-6-5-9(7-14(12)40(34,35)36)25-21-27-22(32)29-23(33)28-21/h1-8,26H,24H2,(H,34,35,36)(H,37,38,39)(H3,25,27,28,29,32,33). The summed E-state index contributed by atoms with van der Waals surface area (Å²) < 4.78 is 68.5. The van der Waals surface area contributed by atoms with Crippen LogP contribution in [-0.4, -0.2) is 52.5 Å². The van der Waals surface area contributed by atoms with Crippen LogP contribution in [0.4, 0.5) is 28.7 Å². The van der Waals surface area contributed by atoms with Gasteiger partial charge in [-0.1, -0.05) is 24.3 Å². The molecule has 18 heteroatoms. The number of aromatic amines is 2. The number of hydrogen-bond acceptors (Lipinski definition) is 12. The molecule has 41 heavy (non-hydrogen) atoms. The molecule has 0 spiro atoms. The van der Waals surface area contributed by atoms with Crippen LogP contribution in [0, 0.1) is 0 Å². The van der Waals surface area contributed by atoms with Crippen molar-refractivity contribution >= 4 is 60.5 Å². The first kappa shape index (κ1) is 27.4. The molecule has 1 aliphatic carbocycles. The quantitative estimate of drug-likeness (QED) is 0.105. The predicted molar refractivity (Wildman–Crippen MR) is 142 cm³/mol. The average Bonchev–Trinajstić information content (AvgIpc) is 2.87. The minimum Gasteiger partial charge on any atom is -0.397 e. The van der Waals surface area contributed by atoms with Crippen LogP contribution in [0.2, 0.25) is 0 Å². The molecule has 0 saturated carbocycles. The Hall–Kier alpha value is -5.17. The fourth-order valence-corrected chi connectivity index (χ4v) is 5.58. The molecule has 16 nitrogen and oxygen atoms in total. The molecule has 1 aliphatic rings. The third-order valence-corrected chi connectivity index (χ3v) is 7.72. The number of fused-ring (bicyclic) bond motifs is 2. The van der Waals surface area contributed by atoms with Gasteiger partial charge in [-0.15, -0.1) is 0 Å². The Morgan fingerprint density at radius 1 is 0.732 bits per heavy atom. The van der Waals surface area contributed by atoms with Crippen LogP contribution in [0.15, 0.2) is 67.9 Å². The number of H-pyrrole nitrogens is 2. The van der Waals surface area contributed by atoms with Gasteiger partial charge in [-0.3, -0.25) is 28.7 Å². The summed E-state index contributed by atoms with van der Waals surface area (Å²) in [6, 6.07) is 9.55. The molecule has 1 aromatic heterocycles. The Labute approximate surface area is 228 Å². The van der Waals surface area contributed by atoms with Gasteiger partial charge in [-0.2, -0.15) is 21.8 Å². The van der Waals surface area contributed by atoms with Gasteiger partial charge in [0.1, 0.15) is 9.79 Å². The summed E-state index contributed by atoms with van der Waals surface area (Å²) in [7, 11) is -10.1. The van der Waals surface area contributed by atoms with E-state index in [0.717, 1.165) is 18.2 Å². The highest BCUT2D eigenvalue weighted by molar-refractivity contribution is 7.86. The largest absolute Gasteiger partial charge is 0.397 e. The fourth-order valence-electron chi connectivity index (χ4n) is 4.26. The second-order valence-electron chi connectivity index (χ2n) is 8.55. The highest BCUT2D eigenvalue weighted by Crippen LogP contribution is 2.41. The van der Waals surface area contributed by atoms with E-state index < -0.39 is 81.2 Å². The molecule has 0 saturated heterocycles.